The average molecular weight is 278 g/mol. The number of phenols is 1. The fourth-order valence-electron chi connectivity index (χ4n) is 2.19. The van der Waals surface area contributed by atoms with Gasteiger partial charge in [-0.05, 0) is 51.8 Å². The molecule has 0 saturated heterocycles. The second-order valence-electron chi connectivity index (χ2n) is 6.34. The van der Waals surface area contributed by atoms with E-state index in [0.717, 1.165) is 18.4 Å². The molecule has 0 atom stereocenters. The molecule has 110 valence electrons. The van der Waals surface area contributed by atoms with Gasteiger partial charge in [0.1, 0.15) is 11.4 Å². The number of nitrogens with one attached hydrogen (secondary N) is 1. The zero-order chi connectivity index (χ0) is 15.0. The first-order valence-corrected chi connectivity index (χ1v) is 6.79. The Morgan fingerprint density at radius 3 is 2.60 bits per heavy atom. The van der Waals surface area contributed by atoms with Crippen molar-refractivity contribution in [3.63, 3.8) is 0 Å². The molecule has 1 saturated carbocycles. The molecule has 1 aromatic carbocycles. The lowest BCUT2D eigenvalue weighted by Crippen LogP contribution is -2.27. The number of aromatic hydroxyl groups is 1. The fourth-order valence-corrected chi connectivity index (χ4v) is 2.19. The maximum absolute atomic E-state index is 11.7. The third-order valence-electron chi connectivity index (χ3n) is 3.46. The van der Waals surface area contributed by atoms with Crippen molar-refractivity contribution >= 4 is 11.8 Å². The van der Waals surface area contributed by atoms with Gasteiger partial charge >= 0.3 is 6.09 Å². The largest absolute Gasteiger partial charge is 0.508 e. The normalized spacial score (nSPS) is 16.6. The third kappa shape index (κ3) is 3.22. The Morgan fingerprint density at radius 2 is 2.10 bits per heavy atom. The Balaban J connectivity index is 2.14. The predicted molar refractivity (Wildman–Crippen MR) is 77.9 cm³/mol. The summed E-state index contributed by atoms with van der Waals surface area (Å²) in [5, 5.41) is 12.6. The molecular formula is C15H22N2O3. The molecule has 0 radical (unpaired) electrons. The van der Waals surface area contributed by atoms with Crippen molar-refractivity contribution in [3.05, 3.63) is 23.8 Å². The van der Waals surface area contributed by atoms with Gasteiger partial charge in [0.05, 0.1) is 0 Å². The monoisotopic (exact) mass is 278 g/mol. The number of ether oxygens (including phenoxy) is 1. The highest BCUT2D eigenvalue weighted by Gasteiger charge is 2.44. The van der Waals surface area contributed by atoms with E-state index in [1.54, 1.807) is 18.2 Å². The minimum absolute atomic E-state index is 0.129. The minimum Gasteiger partial charge on any atom is -0.508 e. The van der Waals surface area contributed by atoms with Crippen LogP contribution in [0, 0.1) is 0 Å². The van der Waals surface area contributed by atoms with Crippen molar-refractivity contribution in [3.8, 4) is 5.75 Å². The molecule has 1 fully saturated rings. The molecule has 1 amide bonds. The standard InChI is InChI=1S/C15H22N2O3/c1-14(2,3)20-13(19)17-10-4-5-12(18)11(8-10)15(9-16)6-7-15/h4-5,8,18H,6-7,9,16H2,1-3H3,(H,17,19). The van der Waals surface area contributed by atoms with Crippen LogP contribution in [0.4, 0.5) is 10.5 Å². The van der Waals surface area contributed by atoms with Crippen LogP contribution in [0.5, 0.6) is 5.75 Å². The van der Waals surface area contributed by atoms with E-state index in [9.17, 15) is 9.90 Å². The molecule has 1 aliphatic rings. The summed E-state index contributed by atoms with van der Waals surface area (Å²) in [6, 6.07) is 5.01. The summed E-state index contributed by atoms with van der Waals surface area (Å²) in [6.45, 7) is 5.92. The molecule has 0 bridgehead atoms. The van der Waals surface area contributed by atoms with Crippen molar-refractivity contribution in [1.82, 2.24) is 0 Å². The number of hydrogen-bond acceptors (Lipinski definition) is 4. The maximum atomic E-state index is 11.7. The van der Waals surface area contributed by atoms with Gasteiger partial charge in [-0.2, -0.15) is 0 Å². The summed E-state index contributed by atoms with van der Waals surface area (Å²) < 4.78 is 5.20. The van der Waals surface area contributed by atoms with Crippen LogP contribution in [-0.4, -0.2) is 23.3 Å². The molecule has 0 heterocycles. The van der Waals surface area contributed by atoms with Crippen molar-refractivity contribution in [1.29, 1.82) is 0 Å². The molecule has 20 heavy (non-hydrogen) atoms. The Labute approximate surface area is 119 Å². The number of anilines is 1. The van der Waals surface area contributed by atoms with Crippen LogP contribution < -0.4 is 11.1 Å². The van der Waals surface area contributed by atoms with E-state index < -0.39 is 11.7 Å². The van der Waals surface area contributed by atoms with E-state index >= 15 is 0 Å². The second-order valence-corrected chi connectivity index (χ2v) is 6.34. The molecule has 0 aliphatic heterocycles. The number of nitrogens with two attached hydrogens (primary N) is 1. The van der Waals surface area contributed by atoms with E-state index in [1.165, 1.54) is 0 Å². The van der Waals surface area contributed by atoms with Crippen LogP contribution in [0.2, 0.25) is 0 Å². The highest BCUT2D eigenvalue weighted by Crippen LogP contribution is 2.50. The number of phenolic OH excluding ortho intramolecular Hbond substituents is 1. The summed E-state index contributed by atoms with van der Waals surface area (Å²) in [4.78, 5) is 11.7. The number of hydrogen-bond donors (Lipinski definition) is 3. The van der Waals surface area contributed by atoms with Crippen LogP contribution in [0.15, 0.2) is 18.2 Å². The molecule has 1 aliphatic carbocycles. The van der Waals surface area contributed by atoms with Crippen LogP contribution in [0.3, 0.4) is 0 Å². The predicted octanol–water partition coefficient (Wildman–Crippen LogP) is 2.73. The van der Waals surface area contributed by atoms with Gasteiger partial charge in [-0.1, -0.05) is 0 Å². The molecular weight excluding hydrogens is 256 g/mol. The fraction of sp³-hybridized carbons (Fsp3) is 0.533. The average Bonchev–Trinajstić information content (AvgIpc) is 3.10. The molecule has 2 rings (SSSR count). The Hall–Kier alpha value is -1.75. The van der Waals surface area contributed by atoms with Crippen molar-refractivity contribution in [2.24, 2.45) is 5.73 Å². The number of carbonyl (C=O) groups excluding carboxylic acids is 1. The van der Waals surface area contributed by atoms with Gasteiger partial charge in [-0.25, -0.2) is 4.79 Å². The molecule has 0 unspecified atom stereocenters. The van der Waals surface area contributed by atoms with Crippen LogP contribution in [-0.2, 0) is 10.2 Å². The van der Waals surface area contributed by atoms with Gasteiger partial charge in [0.15, 0.2) is 0 Å². The Morgan fingerprint density at radius 1 is 1.45 bits per heavy atom. The maximum Gasteiger partial charge on any atom is 0.412 e. The molecule has 0 spiro atoms. The van der Waals surface area contributed by atoms with Gasteiger partial charge in [0.2, 0.25) is 0 Å². The highest BCUT2D eigenvalue weighted by molar-refractivity contribution is 5.85. The lowest BCUT2D eigenvalue weighted by atomic mass is 9.94. The van der Waals surface area contributed by atoms with E-state index in [0.29, 0.717) is 12.2 Å². The smallest absolute Gasteiger partial charge is 0.412 e. The molecule has 4 N–H and O–H groups in total. The lowest BCUT2D eigenvalue weighted by Gasteiger charge is -2.20. The molecule has 5 nitrogen and oxygen atoms in total. The van der Waals surface area contributed by atoms with Gasteiger partial charge in [-0.15, -0.1) is 0 Å². The summed E-state index contributed by atoms with van der Waals surface area (Å²) in [5.41, 5.74) is 6.51. The second kappa shape index (κ2) is 4.98. The van der Waals surface area contributed by atoms with Gasteiger partial charge in [-0.3, -0.25) is 5.32 Å². The summed E-state index contributed by atoms with van der Waals surface area (Å²) >= 11 is 0. The number of amides is 1. The zero-order valence-corrected chi connectivity index (χ0v) is 12.2. The van der Waals surface area contributed by atoms with Gasteiger partial charge < -0.3 is 15.6 Å². The van der Waals surface area contributed by atoms with E-state index in [2.05, 4.69) is 5.32 Å². The first-order valence-electron chi connectivity index (χ1n) is 6.79. The summed E-state index contributed by atoms with van der Waals surface area (Å²) in [7, 11) is 0. The first kappa shape index (κ1) is 14.7. The summed E-state index contributed by atoms with van der Waals surface area (Å²) in [6.07, 6.45) is 1.42. The third-order valence-corrected chi connectivity index (χ3v) is 3.46. The minimum atomic E-state index is -0.543. The van der Waals surface area contributed by atoms with Gasteiger partial charge in [0.25, 0.3) is 0 Å². The molecule has 0 aromatic heterocycles. The van der Waals surface area contributed by atoms with E-state index in [4.69, 9.17) is 10.5 Å². The first-order chi connectivity index (χ1) is 9.26. The van der Waals surface area contributed by atoms with Crippen LogP contribution in [0.25, 0.3) is 0 Å². The summed E-state index contributed by atoms with van der Waals surface area (Å²) in [5.74, 6) is 0.225. The quantitative estimate of drug-likeness (QED) is 0.742. The molecule has 5 heteroatoms. The lowest BCUT2D eigenvalue weighted by molar-refractivity contribution is 0.0636. The number of benzene rings is 1. The number of carbonyl (C=O) groups is 1. The Bertz CT molecular complexity index is 516. The SMILES string of the molecule is CC(C)(C)OC(=O)Nc1ccc(O)c(C2(CN)CC2)c1. The zero-order valence-electron chi connectivity index (χ0n) is 12.2. The van der Waals surface area contributed by atoms with Crippen molar-refractivity contribution in [2.45, 2.75) is 44.6 Å². The van der Waals surface area contributed by atoms with Crippen molar-refractivity contribution < 1.29 is 14.6 Å². The van der Waals surface area contributed by atoms with Crippen LogP contribution >= 0.6 is 0 Å². The van der Waals surface area contributed by atoms with Gasteiger partial charge in [0, 0.05) is 23.2 Å². The van der Waals surface area contributed by atoms with E-state index in [-0.39, 0.29) is 11.2 Å². The van der Waals surface area contributed by atoms with Crippen molar-refractivity contribution in [2.75, 3.05) is 11.9 Å². The number of rotatable bonds is 3. The Kier molecular flexibility index (Phi) is 3.65. The topological polar surface area (TPSA) is 84.6 Å². The highest BCUT2D eigenvalue weighted by atomic mass is 16.6. The van der Waals surface area contributed by atoms with E-state index in [1.807, 2.05) is 20.8 Å². The molecule has 1 aromatic rings. The van der Waals surface area contributed by atoms with Crippen LogP contribution in [0.1, 0.15) is 39.2 Å².